The van der Waals surface area contributed by atoms with Gasteiger partial charge in [0.1, 0.15) is 12.4 Å². The minimum atomic E-state index is -1.02. The summed E-state index contributed by atoms with van der Waals surface area (Å²) in [7, 11) is 0. The summed E-state index contributed by atoms with van der Waals surface area (Å²) >= 11 is 0. The summed E-state index contributed by atoms with van der Waals surface area (Å²) in [6.45, 7) is 0.904. The third-order valence-corrected chi connectivity index (χ3v) is 3.92. The Morgan fingerprint density at radius 2 is 1.38 bits per heavy atom. The number of aromatic nitrogens is 3. The summed E-state index contributed by atoms with van der Waals surface area (Å²) in [5.74, 6) is 0.143. The lowest BCUT2D eigenvalue weighted by molar-refractivity contribution is -0.142. The van der Waals surface area contributed by atoms with Crippen molar-refractivity contribution in [3.8, 4) is 5.75 Å². The lowest BCUT2D eigenvalue weighted by Gasteiger charge is -2.12. The molecule has 5 N–H and O–H groups in total. The van der Waals surface area contributed by atoms with Gasteiger partial charge in [0.25, 0.3) is 0 Å². The quantitative estimate of drug-likeness (QED) is 0.197. The number of phenols is 1. The van der Waals surface area contributed by atoms with Crippen LogP contribution in [0.1, 0.15) is 0 Å². The van der Waals surface area contributed by atoms with Crippen molar-refractivity contribution in [1.29, 1.82) is 0 Å². The fourth-order valence-corrected chi connectivity index (χ4v) is 2.51. The second-order valence-electron chi connectivity index (χ2n) is 6.45. The molecule has 11 nitrogen and oxygen atoms in total. The van der Waals surface area contributed by atoms with E-state index in [1.54, 1.807) is 24.3 Å². The van der Waals surface area contributed by atoms with Gasteiger partial charge in [0.15, 0.2) is 0 Å². The molecule has 0 spiro atoms. The van der Waals surface area contributed by atoms with Crippen molar-refractivity contribution in [3.63, 3.8) is 0 Å². The van der Waals surface area contributed by atoms with Gasteiger partial charge in [0.2, 0.25) is 17.8 Å². The van der Waals surface area contributed by atoms with Crippen LogP contribution in [0.25, 0.3) is 0 Å². The number of nitrogens with one attached hydrogen (secondary N) is 3. The van der Waals surface area contributed by atoms with E-state index in [2.05, 4.69) is 30.9 Å². The Morgan fingerprint density at radius 3 is 2.03 bits per heavy atom. The number of rotatable bonds is 13. The number of aromatic hydroxyl groups is 1. The molecule has 0 atom stereocenters. The lowest BCUT2D eigenvalue weighted by Crippen LogP contribution is -2.16. The Morgan fingerprint density at radius 1 is 0.781 bits per heavy atom. The molecule has 32 heavy (non-hydrogen) atoms. The van der Waals surface area contributed by atoms with E-state index < -0.39 is 5.97 Å². The van der Waals surface area contributed by atoms with Crippen LogP contribution in [-0.4, -0.2) is 64.1 Å². The molecule has 0 aliphatic heterocycles. The highest BCUT2D eigenvalue weighted by Gasteiger charge is 2.08. The van der Waals surface area contributed by atoms with E-state index >= 15 is 0 Å². The predicted molar refractivity (Wildman–Crippen MR) is 119 cm³/mol. The van der Waals surface area contributed by atoms with Crippen LogP contribution < -0.4 is 16.0 Å². The average molecular weight is 440 g/mol. The van der Waals surface area contributed by atoms with E-state index in [0.29, 0.717) is 36.7 Å². The van der Waals surface area contributed by atoms with Gasteiger partial charge < -0.3 is 35.6 Å². The van der Waals surface area contributed by atoms with Crippen molar-refractivity contribution in [2.24, 2.45) is 0 Å². The first-order chi connectivity index (χ1) is 15.6. The highest BCUT2D eigenvalue weighted by atomic mass is 16.5. The molecular weight excluding hydrogens is 416 g/mol. The number of benzene rings is 2. The van der Waals surface area contributed by atoms with Crippen molar-refractivity contribution in [1.82, 2.24) is 15.0 Å². The van der Waals surface area contributed by atoms with Crippen LogP contribution in [0.3, 0.4) is 0 Å². The number of carbonyl (C=O) groups is 1. The number of aliphatic carboxylic acids is 1. The monoisotopic (exact) mass is 440 g/mol. The van der Waals surface area contributed by atoms with Crippen LogP contribution in [0.4, 0.5) is 29.2 Å². The van der Waals surface area contributed by atoms with Gasteiger partial charge in [-0.1, -0.05) is 18.2 Å². The Hall–Kier alpha value is -3.96. The van der Waals surface area contributed by atoms with Gasteiger partial charge in [-0.2, -0.15) is 15.0 Å². The Bertz CT molecular complexity index is 988. The molecule has 0 aliphatic carbocycles. The fraction of sp³-hybridized carbons (Fsp3) is 0.238. The lowest BCUT2D eigenvalue weighted by atomic mass is 10.3. The molecule has 0 unspecified atom stereocenters. The number of ether oxygens (including phenoxy) is 2. The average Bonchev–Trinajstić information content (AvgIpc) is 2.77. The van der Waals surface area contributed by atoms with Gasteiger partial charge in [-0.3, -0.25) is 0 Å². The van der Waals surface area contributed by atoms with Crippen LogP contribution in [0.2, 0.25) is 0 Å². The van der Waals surface area contributed by atoms with Gasteiger partial charge in [-0.05, 0) is 36.4 Å². The molecule has 0 fully saturated rings. The Labute approximate surface area is 184 Å². The Kier molecular flexibility index (Phi) is 8.54. The van der Waals surface area contributed by atoms with E-state index in [0.717, 1.165) is 5.69 Å². The molecule has 0 saturated carbocycles. The SMILES string of the molecule is O=C(O)COCCOCCNc1nc(Nc2ccccc2)nc(Nc2ccc(O)cc2)n1. The van der Waals surface area contributed by atoms with Crippen molar-refractivity contribution >= 4 is 35.2 Å². The fourth-order valence-electron chi connectivity index (χ4n) is 2.51. The summed E-state index contributed by atoms with van der Waals surface area (Å²) in [4.78, 5) is 23.5. The number of phenolic OH excluding ortho intramolecular Hbond substituents is 1. The van der Waals surface area contributed by atoms with E-state index in [9.17, 15) is 9.90 Å². The Balaban J connectivity index is 1.59. The standard InChI is InChI=1S/C21H24N6O5/c28-17-8-6-16(7-9-17)24-21-26-19(22-10-11-31-12-13-32-14-18(29)30)25-20(27-21)23-15-4-2-1-3-5-15/h1-9,28H,10-14H2,(H,29,30)(H3,22,23,24,25,26,27). The first-order valence-corrected chi connectivity index (χ1v) is 9.84. The maximum atomic E-state index is 10.4. The van der Waals surface area contributed by atoms with Crippen molar-refractivity contribution in [2.75, 3.05) is 48.9 Å². The van der Waals surface area contributed by atoms with Crippen LogP contribution in [0, 0.1) is 0 Å². The zero-order valence-corrected chi connectivity index (χ0v) is 17.2. The van der Waals surface area contributed by atoms with E-state index in [1.807, 2.05) is 30.3 Å². The highest BCUT2D eigenvalue weighted by Crippen LogP contribution is 2.20. The second-order valence-corrected chi connectivity index (χ2v) is 6.45. The summed E-state index contributed by atoms with van der Waals surface area (Å²) < 4.78 is 10.3. The molecular formula is C21H24N6O5. The minimum Gasteiger partial charge on any atom is -0.508 e. The molecule has 0 amide bonds. The van der Waals surface area contributed by atoms with Crippen molar-refractivity contribution in [3.05, 3.63) is 54.6 Å². The number of hydrogen-bond donors (Lipinski definition) is 5. The van der Waals surface area contributed by atoms with Crippen LogP contribution in [0.5, 0.6) is 5.75 Å². The van der Waals surface area contributed by atoms with Crippen LogP contribution in [0.15, 0.2) is 54.6 Å². The van der Waals surface area contributed by atoms with Gasteiger partial charge in [0.05, 0.1) is 19.8 Å². The molecule has 2 aromatic carbocycles. The summed E-state index contributed by atoms with van der Waals surface area (Å²) in [6.07, 6.45) is 0. The molecule has 11 heteroatoms. The molecule has 168 valence electrons. The third-order valence-electron chi connectivity index (χ3n) is 3.92. The highest BCUT2D eigenvalue weighted by molar-refractivity contribution is 5.68. The smallest absolute Gasteiger partial charge is 0.329 e. The van der Waals surface area contributed by atoms with Crippen LogP contribution >= 0.6 is 0 Å². The number of carboxylic acids is 1. The van der Waals surface area contributed by atoms with E-state index in [4.69, 9.17) is 14.6 Å². The molecule has 1 heterocycles. The third kappa shape index (κ3) is 8.05. The molecule has 0 radical (unpaired) electrons. The van der Waals surface area contributed by atoms with Crippen molar-refractivity contribution in [2.45, 2.75) is 0 Å². The molecule has 3 rings (SSSR count). The van der Waals surface area contributed by atoms with Gasteiger partial charge in [0, 0.05) is 17.9 Å². The zero-order chi connectivity index (χ0) is 22.6. The van der Waals surface area contributed by atoms with E-state index in [1.165, 1.54) is 0 Å². The number of hydrogen-bond acceptors (Lipinski definition) is 10. The number of anilines is 5. The normalized spacial score (nSPS) is 10.5. The summed E-state index contributed by atoms with van der Waals surface area (Å²) in [5.41, 5.74) is 1.53. The van der Waals surface area contributed by atoms with Gasteiger partial charge in [-0.15, -0.1) is 0 Å². The number of carboxylic acid groups (broad SMARTS) is 1. The molecule has 1 aromatic heterocycles. The predicted octanol–water partition coefficient (Wildman–Crippen LogP) is 2.59. The maximum Gasteiger partial charge on any atom is 0.329 e. The summed E-state index contributed by atoms with van der Waals surface area (Å²) in [5, 5.41) is 27.3. The first-order valence-electron chi connectivity index (χ1n) is 9.84. The number of nitrogens with zero attached hydrogens (tertiary/aromatic N) is 3. The molecule has 3 aromatic rings. The van der Waals surface area contributed by atoms with Crippen LogP contribution in [-0.2, 0) is 14.3 Å². The largest absolute Gasteiger partial charge is 0.508 e. The first kappa shape index (κ1) is 22.7. The maximum absolute atomic E-state index is 10.4. The minimum absolute atomic E-state index is 0.161. The van der Waals surface area contributed by atoms with Gasteiger partial charge >= 0.3 is 5.97 Å². The topological polar surface area (TPSA) is 151 Å². The molecule has 0 bridgehead atoms. The van der Waals surface area contributed by atoms with Crippen molar-refractivity contribution < 1.29 is 24.5 Å². The van der Waals surface area contributed by atoms with Gasteiger partial charge in [-0.25, -0.2) is 4.79 Å². The summed E-state index contributed by atoms with van der Waals surface area (Å²) in [6, 6.07) is 16.0. The number of para-hydroxylation sites is 1. The van der Waals surface area contributed by atoms with E-state index in [-0.39, 0.29) is 25.6 Å². The zero-order valence-electron chi connectivity index (χ0n) is 17.2. The molecule has 0 saturated heterocycles. The second kappa shape index (κ2) is 12.0. The molecule has 0 aliphatic rings.